The summed E-state index contributed by atoms with van der Waals surface area (Å²) in [6, 6.07) is 10.2. The van der Waals surface area contributed by atoms with Crippen LogP contribution in [0.25, 0.3) is 10.9 Å². The molecule has 1 radical (unpaired) electrons. The maximum Gasteiger partial charge on any atom is 0.238 e. The lowest BCUT2D eigenvalue weighted by Crippen LogP contribution is -2.13. The number of fused-ring (bicyclic) bond motifs is 1. The summed E-state index contributed by atoms with van der Waals surface area (Å²) in [6.07, 6.45) is 1.48. The quantitative estimate of drug-likeness (QED) is 0.752. The first-order valence-corrected chi connectivity index (χ1v) is 5.97. The Morgan fingerprint density at radius 1 is 1.36 bits per heavy atom. The lowest BCUT2D eigenvalue weighted by molar-refractivity contribution is 0.590. The number of aromatic nitrogens is 1. The third-order valence-corrected chi connectivity index (χ3v) is 3.77. The predicted molar refractivity (Wildman–Crippen MR) is 55.6 cm³/mol. The van der Waals surface area contributed by atoms with Crippen molar-refractivity contribution in [3.63, 3.8) is 0 Å². The molecule has 2 aromatic rings. The summed E-state index contributed by atoms with van der Waals surface area (Å²) < 4.78 is 24.5. The van der Waals surface area contributed by atoms with E-state index in [9.17, 15) is 8.42 Å². The molecule has 1 aromatic heterocycles. The van der Waals surface area contributed by atoms with Gasteiger partial charge in [-0.25, -0.2) is 12.4 Å². The molecule has 0 bridgehead atoms. The summed E-state index contributed by atoms with van der Waals surface area (Å²) in [5.74, 6) is 0.0967. The fourth-order valence-corrected chi connectivity index (χ4v) is 2.31. The van der Waals surface area contributed by atoms with E-state index in [2.05, 4.69) is 6.07 Å². The molecule has 1 heterocycles. The van der Waals surface area contributed by atoms with Crippen molar-refractivity contribution in [1.82, 2.24) is 3.97 Å². The van der Waals surface area contributed by atoms with Crippen LogP contribution in [-0.4, -0.2) is 18.1 Å². The first kappa shape index (κ1) is 9.27. The lowest BCUT2D eigenvalue weighted by atomic mass is 10.3. The van der Waals surface area contributed by atoms with Crippen LogP contribution in [0, 0.1) is 6.07 Å². The summed E-state index contributed by atoms with van der Waals surface area (Å²) >= 11 is 0. The summed E-state index contributed by atoms with van der Waals surface area (Å²) in [5, 5.41) is 0.824. The van der Waals surface area contributed by atoms with Crippen LogP contribution in [0.1, 0.15) is 6.92 Å². The first-order valence-electron chi connectivity index (χ1n) is 4.36. The van der Waals surface area contributed by atoms with E-state index in [-0.39, 0.29) is 5.75 Å². The Hall–Kier alpha value is -1.29. The van der Waals surface area contributed by atoms with E-state index in [0.29, 0.717) is 5.52 Å². The molecule has 3 nitrogen and oxygen atoms in total. The van der Waals surface area contributed by atoms with Crippen LogP contribution >= 0.6 is 0 Å². The normalized spacial score (nSPS) is 12.1. The molecule has 0 saturated carbocycles. The second kappa shape index (κ2) is 3.13. The minimum Gasteiger partial charge on any atom is -0.244 e. The molecule has 0 aliphatic carbocycles. The molecule has 0 aliphatic rings. The van der Waals surface area contributed by atoms with E-state index in [1.165, 1.54) is 10.2 Å². The van der Waals surface area contributed by atoms with Gasteiger partial charge in [0.1, 0.15) is 0 Å². The van der Waals surface area contributed by atoms with Crippen molar-refractivity contribution in [2.24, 2.45) is 0 Å². The topological polar surface area (TPSA) is 39.1 Å². The van der Waals surface area contributed by atoms with Gasteiger partial charge in [0.15, 0.2) is 0 Å². The molecular weight excluding hydrogens is 198 g/mol. The van der Waals surface area contributed by atoms with Crippen LogP contribution in [0.2, 0.25) is 0 Å². The minimum atomic E-state index is -3.20. The Morgan fingerprint density at radius 2 is 2.07 bits per heavy atom. The Balaban J connectivity index is 2.77. The van der Waals surface area contributed by atoms with Gasteiger partial charge in [-0.2, -0.15) is 0 Å². The van der Waals surface area contributed by atoms with E-state index < -0.39 is 10.0 Å². The van der Waals surface area contributed by atoms with Gasteiger partial charge in [0.05, 0.1) is 11.3 Å². The highest BCUT2D eigenvalue weighted by Gasteiger charge is 2.12. The Morgan fingerprint density at radius 3 is 2.79 bits per heavy atom. The molecule has 0 saturated heterocycles. The molecule has 0 unspecified atom stereocenters. The number of nitrogens with zero attached hydrogens (tertiary/aromatic N) is 1. The summed E-state index contributed by atoms with van der Waals surface area (Å²) in [7, 11) is -3.20. The molecule has 2 rings (SSSR count). The van der Waals surface area contributed by atoms with Crippen LogP contribution in [-0.2, 0) is 10.0 Å². The lowest BCUT2D eigenvalue weighted by Gasteiger charge is -2.03. The summed E-state index contributed by atoms with van der Waals surface area (Å²) in [6.45, 7) is 1.63. The van der Waals surface area contributed by atoms with Gasteiger partial charge in [0, 0.05) is 17.6 Å². The molecule has 14 heavy (non-hydrogen) atoms. The highest BCUT2D eigenvalue weighted by Crippen LogP contribution is 2.16. The molecule has 0 aliphatic heterocycles. The maximum atomic E-state index is 11.6. The molecular formula is C10H10NO2S. The predicted octanol–water partition coefficient (Wildman–Crippen LogP) is 1.64. The zero-order valence-corrected chi connectivity index (χ0v) is 8.58. The SMILES string of the molecule is CCS(=O)(=O)n1c[c]c2ccccc21. The van der Waals surface area contributed by atoms with Gasteiger partial charge in [-0.3, -0.25) is 0 Å². The zero-order valence-electron chi connectivity index (χ0n) is 7.77. The Bertz CT molecular complexity index is 554. The average Bonchev–Trinajstić information content (AvgIpc) is 2.61. The first-order chi connectivity index (χ1) is 6.65. The Labute approximate surface area is 83.0 Å². The van der Waals surface area contributed by atoms with Gasteiger partial charge < -0.3 is 0 Å². The standard InChI is InChI=1S/C10H10NO2S/c1-2-14(12,13)11-8-7-9-5-3-4-6-10(9)11/h3-6,8H,2H2,1H3. The molecule has 0 amide bonds. The van der Waals surface area contributed by atoms with Gasteiger partial charge in [-0.05, 0) is 13.0 Å². The van der Waals surface area contributed by atoms with Gasteiger partial charge >= 0.3 is 0 Å². The fraction of sp³-hybridized carbons (Fsp3) is 0.200. The molecule has 73 valence electrons. The van der Waals surface area contributed by atoms with E-state index in [1.54, 1.807) is 13.0 Å². The van der Waals surface area contributed by atoms with Gasteiger partial charge in [-0.1, -0.05) is 18.2 Å². The summed E-state index contributed by atoms with van der Waals surface area (Å²) in [4.78, 5) is 0. The highest BCUT2D eigenvalue weighted by atomic mass is 32.2. The van der Waals surface area contributed by atoms with Crippen molar-refractivity contribution in [2.45, 2.75) is 6.92 Å². The fourth-order valence-electron chi connectivity index (χ4n) is 1.35. The van der Waals surface area contributed by atoms with Crippen molar-refractivity contribution in [2.75, 3.05) is 5.75 Å². The molecule has 1 aromatic carbocycles. The van der Waals surface area contributed by atoms with Gasteiger partial charge in [0.25, 0.3) is 0 Å². The number of rotatable bonds is 2. The van der Waals surface area contributed by atoms with Crippen molar-refractivity contribution in [3.05, 3.63) is 36.5 Å². The van der Waals surface area contributed by atoms with Crippen LogP contribution in [0.4, 0.5) is 0 Å². The van der Waals surface area contributed by atoms with Crippen molar-refractivity contribution in [3.8, 4) is 0 Å². The van der Waals surface area contributed by atoms with Crippen LogP contribution in [0.5, 0.6) is 0 Å². The van der Waals surface area contributed by atoms with Gasteiger partial charge in [-0.15, -0.1) is 0 Å². The van der Waals surface area contributed by atoms with Crippen LogP contribution < -0.4 is 0 Å². The third-order valence-electron chi connectivity index (χ3n) is 2.14. The Kier molecular flexibility index (Phi) is 2.07. The molecule has 0 atom stereocenters. The average molecular weight is 208 g/mol. The van der Waals surface area contributed by atoms with E-state index in [0.717, 1.165) is 5.39 Å². The van der Waals surface area contributed by atoms with E-state index in [1.807, 2.05) is 18.2 Å². The zero-order chi connectivity index (χ0) is 10.2. The summed E-state index contributed by atoms with van der Waals surface area (Å²) in [5.41, 5.74) is 0.689. The minimum absolute atomic E-state index is 0.0967. The van der Waals surface area contributed by atoms with Crippen LogP contribution in [0.3, 0.4) is 0 Å². The monoisotopic (exact) mass is 208 g/mol. The second-order valence-corrected chi connectivity index (χ2v) is 5.12. The van der Waals surface area contributed by atoms with Gasteiger partial charge in [0.2, 0.25) is 10.0 Å². The highest BCUT2D eigenvalue weighted by molar-refractivity contribution is 7.90. The number of para-hydroxylation sites is 1. The van der Waals surface area contributed by atoms with E-state index >= 15 is 0 Å². The van der Waals surface area contributed by atoms with Crippen LogP contribution in [0.15, 0.2) is 30.5 Å². The maximum absolute atomic E-state index is 11.6. The van der Waals surface area contributed by atoms with Crippen molar-refractivity contribution in [1.29, 1.82) is 0 Å². The number of hydrogen-bond acceptors (Lipinski definition) is 2. The van der Waals surface area contributed by atoms with Crippen molar-refractivity contribution < 1.29 is 8.42 Å². The van der Waals surface area contributed by atoms with Crippen molar-refractivity contribution >= 4 is 20.9 Å². The molecule has 0 spiro atoms. The molecule has 0 fully saturated rings. The second-order valence-electron chi connectivity index (χ2n) is 2.99. The van der Waals surface area contributed by atoms with E-state index in [4.69, 9.17) is 0 Å². The number of benzene rings is 1. The largest absolute Gasteiger partial charge is 0.244 e. The smallest absolute Gasteiger partial charge is 0.238 e. The molecule has 4 heteroatoms. The molecule has 0 N–H and O–H groups in total. The number of hydrogen-bond donors (Lipinski definition) is 0. The third kappa shape index (κ3) is 1.32.